The SMILES string of the molecule is C=C(C)c1cc2c(-c3ccc(F)c4c3cnn4C(=O)OC(C)(C)C)c(N(C(=O)OC(C)(C)C)C(=O)OC(C)(C)C)c(=O)n(C(=O)OC(C)(C)C)c2c2cccnc12. The summed E-state index contributed by atoms with van der Waals surface area (Å²) in [7, 11) is 0. The smallest absolute Gasteiger partial charge is 0.435 e. The zero-order valence-corrected chi connectivity index (χ0v) is 34.5. The van der Waals surface area contributed by atoms with Crippen molar-refractivity contribution in [2.75, 3.05) is 4.90 Å². The third-order valence-corrected chi connectivity index (χ3v) is 7.93. The molecule has 302 valence electrons. The molecule has 0 saturated carbocycles. The average molecular weight is 786 g/mol. The molecule has 0 unspecified atom stereocenters. The minimum atomic E-state index is -1.32. The molecule has 2 aromatic carbocycles. The first-order valence-corrected chi connectivity index (χ1v) is 18.2. The topological polar surface area (TPSA) is 161 Å². The molecule has 5 aromatic rings. The van der Waals surface area contributed by atoms with E-state index in [0.717, 1.165) is 15.3 Å². The highest BCUT2D eigenvalue weighted by Crippen LogP contribution is 2.44. The van der Waals surface area contributed by atoms with Crippen LogP contribution in [-0.4, -0.2) is 66.1 Å². The molecule has 57 heavy (non-hydrogen) atoms. The largest absolute Gasteiger partial charge is 0.443 e. The lowest BCUT2D eigenvalue weighted by Crippen LogP contribution is -2.47. The molecule has 0 spiro atoms. The molecule has 0 saturated heterocycles. The van der Waals surface area contributed by atoms with E-state index in [0.29, 0.717) is 26.9 Å². The third kappa shape index (κ3) is 8.66. The molecule has 0 bridgehead atoms. The summed E-state index contributed by atoms with van der Waals surface area (Å²) in [6, 6.07) is 7.20. The molecule has 0 radical (unpaired) electrons. The first-order chi connectivity index (χ1) is 26.1. The average Bonchev–Trinajstić information content (AvgIpc) is 3.48. The predicted octanol–water partition coefficient (Wildman–Crippen LogP) is 9.98. The molecule has 0 N–H and O–H groups in total. The molecular formula is C42H48FN5O9. The summed E-state index contributed by atoms with van der Waals surface area (Å²) in [6.07, 6.45) is -2.06. The lowest BCUT2D eigenvalue weighted by molar-refractivity contribution is 0.0422. The van der Waals surface area contributed by atoms with Crippen LogP contribution in [0.4, 0.5) is 29.3 Å². The molecule has 2 amide bonds. The van der Waals surface area contributed by atoms with Crippen LogP contribution in [0.25, 0.3) is 49.4 Å². The Labute approximate surface area is 329 Å². The second-order valence-electron chi connectivity index (χ2n) is 17.5. The van der Waals surface area contributed by atoms with Gasteiger partial charge in [0, 0.05) is 33.5 Å². The van der Waals surface area contributed by atoms with Gasteiger partial charge in [-0.1, -0.05) is 12.6 Å². The minimum Gasteiger partial charge on any atom is -0.443 e. The van der Waals surface area contributed by atoms with Crippen molar-refractivity contribution in [1.29, 1.82) is 0 Å². The van der Waals surface area contributed by atoms with Gasteiger partial charge >= 0.3 is 24.4 Å². The summed E-state index contributed by atoms with van der Waals surface area (Å²) in [5.74, 6) is -0.876. The summed E-state index contributed by atoms with van der Waals surface area (Å²) in [6.45, 7) is 25.0. The molecule has 0 aliphatic rings. The maximum Gasteiger partial charge on any atom is 0.435 e. The van der Waals surface area contributed by atoms with Gasteiger partial charge in [0.05, 0.1) is 17.2 Å². The molecule has 15 heteroatoms. The lowest BCUT2D eigenvalue weighted by atomic mass is 9.91. The van der Waals surface area contributed by atoms with Gasteiger partial charge in [0.1, 0.15) is 39.4 Å². The Morgan fingerprint density at radius 3 is 1.81 bits per heavy atom. The van der Waals surface area contributed by atoms with Crippen LogP contribution >= 0.6 is 0 Å². The van der Waals surface area contributed by atoms with Crippen molar-refractivity contribution in [3.63, 3.8) is 0 Å². The second kappa shape index (κ2) is 14.4. The summed E-state index contributed by atoms with van der Waals surface area (Å²) in [5, 5.41) is 4.56. The standard InChI is InChI=1S/C42H48FN5O9/c1-22(2)25-20-26-29(23-17-18-28(43)32-27(23)21-45-48(32)38(53)57-42(12,13)14)33(47(36(51)55-40(6,7)8)37(52)56-41(9,10)11)34(49)46(35(50)54-39(3,4)5)31(26)24-16-15-19-44-30(24)25/h15-21H,1H2,2-14H3. The number of aromatic nitrogens is 4. The monoisotopic (exact) mass is 785 g/mol. The van der Waals surface area contributed by atoms with Crippen molar-refractivity contribution in [2.45, 2.75) is 112 Å². The van der Waals surface area contributed by atoms with Gasteiger partial charge in [0.15, 0.2) is 0 Å². The lowest BCUT2D eigenvalue weighted by Gasteiger charge is -2.30. The fourth-order valence-electron chi connectivity index (χ4n) is 6.03. The third-order valence-electron chi connectivity index (χ3n) is 7.93. The number of carbonyl (C=O) groups is 4. The molecule has 14 nitrogen and oxygen atoms in total. The molecule has 0 fully saturated rings. The Morgan fingerprint density at radius 2 is 1.28 bits per heavy atom. The highest BCUT2D eigenvalue weighted by Gasteiger charge is 2.40. The predicted molar refractivity (Wildman–Crippen MR) is 215 cm³/mol. The van der Waals surface area contributed by atoms with E-state index in [4.69, 9.17) is 18.9 Å². The Hall–Kier alpha value is -6.12. The van der Waals surface area contributed by atoms with Gasteiger partial charge in [-0.15, -0.1) is 0 Å². The number of hydrogen-bond donors (Lipinski definition) is 0. The maximum atomic E-state index is 16.0. The van der Waals surface area contributed by atoms with Crippen molar-refractivity contribution >= 4 is 68.3 Å². The summed E-state index contributed by atoms with van der Waals surface area (Å²) >= 11 is 0. The summed E-state index contributed by atoms with van der Waals surface area (Å²) in [5.41, 5.74) is -5.51. The number of benzene rings is 2. The van der Waals surface area contributed by atoms with Crippen LogP contribution < -0.4 is 10.5 Å². The molecule has 3 heterocycles. The normalized spacial score (nSPS) is 12.5. The molecule has 0 aliphatic carbocycles. The number of carbonyl (C=O) groups excluding carboxylic acids is 4. The Balaban J connectivity index is 2.13. The zero-order chi connectivity index (χ0) is 42.7. The van der Waals surface area contributed by atoms with Crippen LogP contribution in [0.5, 0.6) is 0 Å². The molecule has 3 aromatic heterocycles. The van der Waals surface area contributed by atoms with Gasteiger partial charge in [0.2, 0.25) is 0 Å². The summed E-state index contributed by atoms with van der Waals surface area (Å²) in [4.78, 5) is 76.9. The van der Waals surface area contributed by atoms with E-state index in [2.05, 4.69) is 16.7 Å². The highest BCUT2D eigenvalue weighted by atomic mass is 19.1. The van der Waals surface area contributed by atoms with Crippen LogP contribution in [0, 0.1) is 5.82 Å². The van der Waals surface area contributed by atoms with E-state index < -0.39 is 63.8 Å². The highest BCUT2D eigenvalue weighted by molar-refractivity contribution is 6.22. The van der Waals surface area contributed by atoms with Gasteiger partial charge in [-0.3, -0.25) is 9.78 Å². The molecule has 5 rings (SSSR count). The van der Waals surface area contributed by atoms with E-state index in [1.165, 1.54) is 18.5 Å². The molecule has 0 atom stereocenters. The number of amides is 2. The van der Waals surface area contributed by atoms with Gasteiger partial charge in [0.25, 0.3) is 5.56 Å². The van der Waals surface area contributed by atoms with Crippen molar-refractivity contribution in [3.05, 3.63) is 71.0 Å². The quantitative estimate of drug-likeness (QED) is 0.126. The first kappa shape index (κ1) is 42.0. The van der Waals surface area contributed by atoms with Crippen molar-refractivity contribution in [3.8, 4) is 11.1 Å². The number of hydrogen-bond acceptors (Lipinski definition) is 11. The van der Waals surface area contributed by atoms with Gasteiger partial charge < -0.3 is 18.9 Å². The van der Waals surface area contributed by atoms with Crippen molar-refractivity contribution < 1.29 is 42.5 Å². The van der Waals surface area contributed by atoms with Crippen LogP contribution in [0.1, 0.15) is 95.6 Å². The molecular weight excluding hydrogens is 737 g/mol. The Morgan fingerprint density at radius 1 is 0.737 bits per heavy atom. The number of pyridine rings is 2. The van der Waals surface area contributed by atoms with E-state index in [-0.39, 0.29) is 32.9 Å². The number of halogens is 1. The van der Waals surface area contributed by atoms with E-state index >= 15 is 9.18 Å². The van der Waals surface area contributed by atoms with Crippen LogP contribution in [0.2, 0.25) is 0 Å². The van der Waals surface area contributed by atoms with E-state index in [9.17, 15) is 19.2 Å². The second-order valence-corrected chi connectivity index (χ2v) is 17.5. The van der Waals surface area contributed by atoms with Crippen LogP contribution in [0.15, 0.2) is 54.1 Å². The van der Waals surface area contributed by atoms with Gasteiger partial charge in [-0.25, -0.2) is 28.1 Å². The number of allylic oxidation sites excluding steroid dienone is 1. The van der Waals surface area contributed by atoms with Crippen LogP contribution in [-0.2, 0) is 18.9 Å². The Kier molecular flexibility index (Phi) is 10.6. The van der Waals surface area contributed by atoms with Gasteiger partial charge in [-0.2, -0.15) is 14.7 Å². The van der Waals surface area contributed by atoms with Gasteiger partial charge in [-0.05, 0) is 125 Å². The van der Waals surface area contributed by atoms with E-state index in [1.807, 2.05) is 0 Å². The fourth-order valence-corrected chi connectivity index (χ4v) is 6.03. The fraction of sp³-hybridized carbons (Fsp3) is 0.405. The maximum absolute atomic E-state index is 16.0. The number of rotatable bonds is 3. The number of imide groups is 1. The zero-order valence-electron chi connectivity index (χ0n) is 34.5. The number of nitrogens with zero attached hydrogens (tertiary/aromatic N) is 5. The number of fused-ring (bicyclic) bond motifs is 4. The van der Waals surface area contributed by atoms with Crippen molar-refractivity contribution in [2.24, 2.45) is 0 Å². The summed E-state index contributed by atoms with van der Waals surface area (Å²) < 4.78 is 40.1. The number of ether oxygens (including phenoxy) is 4. The van der Waals surface area contributed by atoms with Crippen LogP contribution in [0.3, 0.4) is 0 Å². The first-order valence-electron chi connectivity index (χ1n) is 18.2. The Bertz CT molecular complexity index is 2530. The number of anilines is 1. The van der Waals surface area contributed by atoms with Crippen molar-refractivity contribution in [1.82, 2.24) is 19.3 Å². The minimum absolute atomic E-state index is 0.0192. The molecule has 0 aliphatic heterocycles. The van der Waals surface area contributed by atoms with E-state index in [1.54, 1.807) is 108 Å².